The Morgan fingerprint density at radius 3 is 2.57 bits per heavy atom. The zero-order valence-corrected chi connectivity index (χ0v) is 11.3. The van der Waals surface area contributed by atoms with Gasteiger partial charge in [0.1, 0.15) is 12.1 Å². The fraction of sp³-hybridized carbons (Fsp3) is 0.0625. The summed E-state index contributed by atoms with van der Waals surface area (Å²) in [5, 5.41) is 18.1. The van der Waals surface area contributed by atoms with E-state index >= 15 is 0 Å². The highest BCUT2D eigenvalue weighted by atomic mass is 15.2. The SMILES string of the molecule is Cc1cccc2c1nc(N)n2-c1ccc(C#N)c(C#N)c1. The molecule has 100 valence electrons. The summed E-state index contributed by atoms with van der Waals surface area (Å²) in [5.41, 5.74) is 10.2. The van der Waals surface area contributed by atoms with Gasteiger partial charge in [-0.05, 0) is 36.8 Å². The maximum absolute atomic E-state index is 9.14. The van der Waals surface area contributed by atoms with Crippen molar-refractivity contribution in [2.45, 2.75) is 6.92 Å². The predicted octanol–water partition coefficient (Wildman–Crippen LogP) is 2.66. The standard InChI is InChI=1S/C16H11N5/c1-10-3-2-4-14-15(10)20-16(19)21(14)13-6-5-11(8-17)12(7-13)9-18/h2-7H,1H3,(H2,19,20). The maximum atomic E-state index is 9.14. The van der Waals surface area contributed by atoms with Gasteiger partial charge in [0.2, 0.25) is 5.95 Å². The number of nitrogens with zero attached hydrogens (tertiary/aromatic N) is 4. The molecule has 0 radical (unpaired) electrons. The van der Waals surface area contributed by atoms with E-state index < -0.39 is 0 Å². The van der Waals surface area contributed by atoms with Gasteiger partial charge in [0.25, 0.3) is 0 Å². The lowest BCUT2D eigenvalue weighted by Crippen LogP contribution is -2.01. The number of imidazole rings is 1. The molecule has 0 aliphatic carbocycles. The van der Waals surface area contributed by atoms with Crippen LogP contribution in [0.15, 0.2) is 36.4 Å². The molecule has 0 saturated carbocycles. The van der Waals surface area contributed by atoms with Gasteiger partial charge >= 0.3 is 0 Å². The molecule has 1 aromatic heterocycles. The van der Waals surface area contributed by atoms with Crippen LogP contribution in [0.4, 0.5) is 5.95 Å². The number of hydrogen-bond acceptors (Lipinski definition) is 4. The minimum atomic E-state index is 0.323. The second-order valence-electron chi connectivity index (χ2n) is 4.70. The predicted molar refractivity (Wildman–Crippen MR) is 79.6 cm³/mol. The number of anilines is 1. The van der Waals surface area contributed by atoms with Crippen LogP contribution in [-0.2, 0) is 0 Å². The molecule has 0 bridgehead atoms. The first kappa shape index (κ1) is 12.7. The Morgan fingerprint density at radius 1 is 1.10 bits per heavy atom. The lowest BCUT2D eigenvalue weighted by molar-refractivity contribution is 1.11. The van der Waals surface area contributed by atoms with Gasteiger partial charge in [0.05, 0.1) is 27.8 Å². The average Bonchev–Trinajstić information content (AvgIpc) is 2.84. The van der Waals surface area contributed by atoms with Gasteiger partial charge in [-0.1, -0.05) is 12.1 Å². The molecule has 0 aliphatic heterocycles. The Balaban J connectivity index is 2.32. The number of hydrogen-bond donors (Lipinski definition) is 1. The maximum Gasteiger partial charge on any atom is 0.205 e. The van der Waals surface area contributed by atoms with E-state index in [0.717, 1.165) is 22.3 Å². The smallest absolute Gasteiger partial charge is 0.205 e. The Hall–Kier alpha value is -3.31. The van der Waals surface area contributed by atoms with Crippen LogP contribution in [0, 0.1) is 29.6 Å². The molecule has 0 atom stereocenters. The molecule has 1 heterocycles. The third-order valence-corrected chi connectivity index (χ3v) is 3.42. The Labute approximate surface area is 121 Å². The Bertz CT molecular complexity index is 938. The molecule has 0 aliphatic rings. The van der Waals surface area contributed by atoms with Gasteiger partial charge in [-0.2, -0.15) is 10.5 Å². The number of para-hydroxylation sites is 1. The molecule has 2 N–H and O–H groups in total. The van der Waals surface area contributed by atoms with E-state index in [2.05, 4.69) is 4.98 Å². The molecular weight excluding hydrogens is 262 g/mol. The first-order valence-electron chi connectivity index (χ1n) is 6.34. The molecule has 0 spiro atoms. The number of benzene rings is 2. The number of rotatable bonds is 1. The first-order valence-corrected chi connectivity index (χ1v) is 6.34. The third-order valence-electron chi connectivity index (χ3n) is 3.42. The largest absolute Gasteiger partial charge is 0.369 e. The van der Waals surface area contributed by atoms with E-state index in [-0.39, 0.29) is 0 Å². The van der Waals surface area contributed by atoms with E-state index in [4.69, 9.17) is 16.3 Å². The Kier molecular flexibility index (Phi) is 2.82. The van der Waals surface area contributed by atoms with Gasteiger partial charge in [-0.15, -0.1) is 0 Å². The van der Waals surface area contributed by atoms with E-state index in [9.17, 15) is 0 Å². The van der Waals surface area contributed by atoms with Crippen molar-refractivity contribution < 1.29 is 0 Å². The lowest BCUT2D eigenvalue weighted by Gasteiger charge is -2.07. The second kappa shape index (κ2) is 4.66. The van der Waals surface area contributed by atoms with Gasteiger partial charge < -0.3 is 5.73 Å². The average molecular weight is 273 g/mol. The van der Waals surface area contributed by atoms with Crippen LogP contribution in [0.3, 0.4) is 0 Å². The molecule has 0 fully saturated rings. The summed E-state index contributed by atoms with van der Waals surface area (Å²) in [5.74, 6) is 0.355. The van der Waals surface area contributed by atoms with Crippen LogP contribution in [0.5, 0.6) is 0 Å². The van der Waals surface area contributed by atoms with E-state index in [1.54, 1.807) is 22.8 Å². The van der Waals surface area contributed by atoms with E-state index in [1.807, 2.05) is 37.3 Å². The lowest BCUT2D eigenvalue weighted by atomic mass is 10.1. The van der Waals surface area contributed by atoms with E-state index in [1.165, 1.54) is 0 Å². The molecular formula is C16H11N5. The number of nitrogens with two attached hydrogens (primary N) is 1. The molecule has 5 nitrogen and oxygen atoms in total. The van der Waals surface area contributed by atoms with Crippen LogP contribution in [0.25, 0.3) is 16.7 Å². The number of aromatic nitrogens is 2. The molecule has 0 saturated heterocycles. The minimum Gasteiger partial charge on any atom is -0.369 e. The zero-order valence-electron chi connectivity index (χ0n) is 11.3. The Morgan fingerprint density at radius 2 is 1.86 bits per heavy atom. The van der Waals surface area contributed by atoms with Gasteiger partial charge in [0.15, 0.2) is 0 Å². The molecule has 5 heteroatoms. The highest BCUT2D eigenvalue weighted by Gasteiger charge is 2.13. The second-order valence-corrected chi connectivity index (χ2v) is 4.70. The van der Waals surface area contributed by atoms with Crippen LogP contribution in [0.2, 0.25) is 0 Å². The summed E-state index contributed by atoms with van der Waals surface area (Å²) < 4.78 is 1.78. The van der Waals surface area contributed by atoms with Crippen LogP contribution < -0.4 is 5.73 Å². The fourth-order valence-electron chi connectivity index (χ4n) is 2.39. The summed E-state index contributed by atoms with van der Waals surface area (Å²) in [6.45, 7) is 1.97. The van der Waals surface area contributed by atoms with Gasteiger partial charge in [-0.25, -0.2) is 4.98 Å². The molecule has 3 aromatic rings. The van der Waals surface area contributed by atoms with Crippen molar-refractivity contribution in [3.63, 3.8) is 0 Å². The summed E-state index contributed by atoms with van der Waals surface area (Å²) in [7, 11) is 0. The number of nitriles is 2. The zero-order chi connectivity index (χ0) is 15.0. The molecule has 0 unspecified atom stereocenters. The first-order chi connectivity index (χ1) is 10.2. The van der Waals surface area contributed by atoms with Crippen LogP contribution in [0.1, 0.15) is 16.7 Å². The normalized spacial score (nSPS) is 10.2. The molecule has 3 rings (SSSR count). The summed E-state index contributed by atoms with van der Waals surface area (Å²) in [6.07, 6.45) is 0. The highest BCUT2D eigenvalue weighted by molar-refractivity contribution is 5.83. The van der Waals surface area contributed by atoms with Gasteiger partial charge in [-0.3, -0.25) is 4.57 Å². The quantitative estimate of drug-likeness (QED) is 0.737. The number of nitrogen functional groups attached to an aromatic ring is 1. The van der Waals surface area contributed by atoms with Crippen molar-refractivity contribution in [3.8, 4) is 17.8 Å². The van der Waals surface area contributed by atoms with Crippen molar-refractivity contribution in [2.75, 3.05) is 5.73 Å². The van der Waals surface area contributed by atoms with Crippen molar-refractivity contribution >= 4 is 17.0 Å². The van der Waals surface area contributed by atoms with Crippen molar-refractivity contribution in [3.05, 3.63) is 53.1 Å². The van der Waals surface area contributed by atoms with Crippen LogP contribution in [-0.4, -0.2) is 9.55 Å². The van der Waals surface area contributed by atoms with E-state index in [0.29, 0.717) is 17.1 Å². The highest BCUT2D eigenvalue weighted by Crippen LogP contribution is 2.26. The van der Waals surface area contributed by atoms with Gasteiger partial charge in [0, 0.05) is 0 Å². The van der Waals surface area contributed by atoms with Crippen LogP contribution >= 0.6 is 0 Å². The van der Waals surface area contributed by atoms with Crippen molar-refractivity contribution in [2.24, 2.45) is 0 Å². The van der Waals surface area contributed by atoms with Crippen molar-refractivity contribution in [1.82, 2.24) is 9.55 Å². The summed E-state index contributed by atoms with van der Waals surface area (Å²) >= 11 is 0. The molecule has 21 heavy (non-hydrogen) atoms. The topological polar surface area (TPSA) is 91.4 Å². The number of aryl methyl sites for hydroxylation is 1. The minimum absolute atomic E-state index is 0.323. The van der Waals surface area contributed by atoms with Crippen molar-refractivity contribution in [1.29, 1.82) is 10.5 Å². The molecule has 0 amide bonds. The summed E-state index contributed by atoms with van der Waals surface area (Å²) in [4.78, 5) is 4.38. The third kappa shape index (κ3) is 1.89. The monoisotopic (exact) mass is 273 g/mol. The summed E-state index contributed by atoms with van der Waals surface area (Å²) in [6, 6.07) is 14.9. The number of fused-ring (bicyclic) bond motifs is 1. The molecule has 2 aromatic carbocycles. The fourth-order valence-corrected chi connectivity index (χ4v) is 2.39.